The fourth-order valence-electron chi connectivity index (χ4n) is 9.48. The molecule has 2 N–H and O–H groups in total. The van der Waals surface area contributed by atoms with E-state index in [9.17, 15) is 15.0 Å². The molecule has 8 rings (SSSR count). The summed E-state index contributed by atoms with van der Waals surface area (Å²) in [5.74, 6) is -1.31. The lowest BCUT2D eigenvalue weighted by molar-refractivity contribution is -0.401. The summed E-state index contributed by atoms with van der Waals surface area (Å²) in [6.07, 6.45) is 7.08. The van der Waals surface area contributed by atoms with Crippen LogP contribution in [-0.2, 0) is 14.2 Å². The molecule has 4 aliphatic carbocycles. The van der Waals surface area contributed by atoms with E-state index in [-0.39, 0.29) is 17.3 Å². The molecule has 3 aliphatic heterocycles. The fourth-order valence-corrected chi connectivity index (χ4v) is 9.48. The minimum atomic E-state index is -1.21. The molecular weight excluding hydrogens is 482 g/mol. The number of fused-ring (bicyclic) bond motifs is 1. The molecule has 7 aliphatic rings. The molecule has 3 heterocycles. The minimum Gasteiger partial charge on any atom is -0.455 e. The standard InChI is InChI=1S/C31H39NO6/c1-20(37-26(34)21-7-5-4-6-8-21)23-11-12-30-24-10-9-22-17-29(35)14-13-27(22,2)31(24,38-29)25(33)18-28(23,30)19-32(3)15-16-36-30/h4-8,10-11,20,22,25,33,35H,9,12-19H2,1-3H3/t20-,22+,25?,27-,28?,29-,30?,31?/m0/s1. The molecule has 1 aromatic carbocycles. The van der Waals surface area contributed by atoms with Gasteiger partial charge in [-0.2, -0.15) is 0 Å². The largest absolute Gasteiger partial charge is 0.455 e. The highest BCUT2D eigenvalue weighted by Crippen LogP contribution is 2.74. The molecule has 1 aromatic rings. The Bertz CT molecular complexity index is 1230. The average molecular weight is 522 g/mol. The van der Waals surface area contributed by atoms with E-state index >= 15 is 0 Å². The van der Waals surface area contributed by atoms with Crippen LogP contribution in [0, 0.1) is 16.7 Å². The summed E-state index contributed by atoms with van der Waals surface area (Å²) in [5.41, 5.74) is -0.0371. The van der Waals surface area contributed by atoms with E-state index in [4.69, 9.17) is 14.2 Å². The number of allylic oxidation sites excluding steroid dienone is 1. The molecule has 0 radical (unpaired) electrons. The van der Waals surface area contributed by atoms with Crippen molar-refractivity contribution in [1.82, 2.24) is 4.90 Å². The van der Waals surface area contributed by atoms with Gasteiger partial charge in [-0.3, -0.25) is 0 Å². The number of rotatable bonds is 3. The molecule has 1 spiro atoms. The number of carbonyl (C=O) groups excluding carboxylic acids is 1. The fraction of sp³-hybridized carbons (Fsp3) is 0.645. The molecule has 4 bridgehead atoms. The third kappa shape index (κ3) is 2.95. The van der Waals surface area contributed by atoms with Crippen LogP contribution in [0.25, 0.3) is 0 Å². The molecule has 5 fully saturated rings. The van der Waals surface area contributed by atoms with Gasteiger partial charge in [0, 0.05) is 36.8 Å². The van der Waals surface area contributed by atoms with E-state index < -0.39 is 34.6 Å². The van der Waals surface area contributed by atoms with Gasteiger partial charge in [-0.15, -0.1) is 0 Å². The summed E-state index contributed by atoms with van der Waals surface area (Å²) in [6, 6.07) is 9.08. The maximum atomic E-state index is 13.1. The Morgan fingerprint density at radius 1 is 1.18 bits per heavy atom. The van der Waals surface area contributed by atoms with Gasteiger partial charge in [-0.1, -0.05) is 37.3 Å². The Hall–Kier alpha value is -2.03. The number of benzene rings is 1. The maximum Gasteiger partial charge on any atom is 0.338 e. The van der Waals surface area contributed by atoms with Crippen molar-refractivity contribution in [2.75, 3.05) is 26.7 Å². The van der Waals surface area contributed by atoms with E-state index in [2.05, 4.69) is 31.0 Å². The van der Waals surface area contributed by atoms with Crippen molar-refractivity contribution < 1.29 is 29.2 Å². The monoisotopic (exact) mass is 521 g/mol. The molecule has 7 nitrogen and oxygen atoms in total. The van der Waals surface area contributed by atoms with E-state index in [0.717, 1.165) is 30.5 Å². The normalized spacial score (nSPS) is 46.1. The SMILES string of the molecule is C[C@H](OC(=O)c1ccccc1)C1=CCC23OCCN(C)CC12CC(O)C12O[C@@]4(O)CC[C@@]1(C)[C@H](CC=C32)C4. The Kier molecular flexibility index (Phi) is 5.27. The van der Waals surface area contributed by atoms with Crippen LogP contribution in [0.3, 0.4) is 0 Å². The first kappa shape index (κ1) is 25.0. The zero-order chi connectivity index (χ0) is 26.6. The van der Waals surface area contributed by atoms with Gasteiger partial charge in [-0.05, 0) is 68.9 Å². The molecule has 0 aromatic heterocycles. The number of hydrogen-bond donors (Lipinski definition) is 2. The molecule has 204 valence electrons. The summed E-state index contributed by atoms with van der Waals surface area (Å²) in [7, 11) is 2.09. The second-order valence-corrected chi connectivity index (χ2v) is 12.9. The van der Waals surface area contributed by atoms with E-state index in [1.165, 1.54) is 0 Å². The van der Waals surface area contributed by atoms with Gasteiger partial charge in [0.15, 0.2) is 5.79 Å². The number of hydrogen-bond acceptors (Lipinski definition) is 7. The van der Waals surface area contributed by atoms with Crippen LogP contribution in [0.15, 0.2) is 53.6 Å². The number of aliphatic hydroxyl groups is 2. The molecule has 0 amide bonds. The number of carbonyl (C=O) groups is 1. The molecule has 7 heteroatoms. The smallest absolute Gasteiger partial charge is 0.338 e. The van der Waals surface area contributed by atoms with Crippen LogP contribution in [0.4, 0.5) is 0 Å². The van der Waals surface area contributed by atoms with Crippen molar-refractivity contribution in [3.8, 4) is 0 Å². The second kappa shape index (κ2) is 8.01. The summed E-state index contributed by atoms with van der Waals surface area (Å²) >= 11 is 0. The van der Waals surface area contributed by atoms with E-state index in [1.807, 2.05) is 25.1 Å². The van der Waals surface area contributed by atoms with Crippen LogP contribution in [0.1, 0.15) is 62.7 Å². The lowest BCUT2D eigenvalue weighted by atomic mass is 9.41. The first-order valence-electron chi connectivity index (χ1n) is 14.2. The van der Waals surface area contributed by atoms with Gasteiger partial charge in [0.25, 0.3) is 0 Å². The van der Waals surface area contributed by atoms with Crippen molar-refractivity contribution >= 4 is 5.97 Å². The van der Waals surface area contributed by atoms with Gasteiger partial charge < -0.3 is 29.3 Å². The molecule has 3 saturated heterocycles. The highest BCUT2D eigenvalue weighted by Gasteiger charge is 2.79. The number of aliphatic hydroxyl groups excluding tert-OH is 1. The Balaban J connectivity index is 1.33. The van der Waals surface area contributed by atoms with Gasteiger partial charge in [-0.25, -0.2) is 4.79 Å². The maximum absolute atomic E-state index is 13.1. The van der Waals surface area contributed by atoms with Crippen molar-refractivity contribution in [1.29, 1.82) is 0 Å². The van der Waals surface area contributed by atoms with Crippen molar-refractivity contribution in [3.05, 3.63) is 59.2 Å². The zero-order valence-corrected chi connectivity index (χ0v) is 22.6. The highest BCUT2D eigenvalue weighted by molar-refractivity contribution is 5.89. The quantitative estimate of drug-likeness (QED) is 0.464. The topological polar surface area (TPSA) is 88.5 Å². The van der Waals surface area contributed by atoms with Crippen LogP contribution < -0.4 is 0 Å². The predicted molar refractivity (Wildman–Crippen MR) is 140 cm³/mol. The van der Waals surface area contributed by atoms with Crippen LogP contribution in [-0.4, -0.2) is 77.0 Å². The van der Waals surface area contributed by atoms with Crippen LogP contribution in [0.5, 0.6) is 0 Å². The lowest BCUT2D eigenvalue weighted by Gasteiger charge is -2.73. The first-order chi connectivity index (χ1) is 18.1. The van der Waals surface area contributed by atoms with Gasteiger partial charge in [0.1, 0.15) is 17.3 Å². The summed E-state index contributed by atoms with van der Waals surface area (Å²) in [5, 5.41) is 23.7. The van der Waals surface area contributed by atoms with Crippen LogP contribution >= 0.6 is 0 Å². The van der Waals surface area contributed by atoms with Crippen molar-refractivity contribution in [2.24, 2.45) is 16.7 Å². The number of esters is 1. The minimum absolute atomic E-state index is 0.255. The van der Waals surface area contributed by atoms with Crippen molar-refractivity contribution in [3.63, 3.8) is 0 Å². The molecular formula is C31H39NO6. The third-order valence-electron chi connectivity index (χ3n) is 11.2. The lowest BCUT2D eigenvalue weighted by Crippen LogP contribution is -2.79. The second-order valence-electron chi connectivity index (χ2n) is 12.9. The summed E-state index contributed by atoms with van der Waals surface area (Å²) in [4.78, 5) is 15.3. The highest BCUT2D eigenvalue weighted by atomic mass is 16.7. The number of likely N-dealkylation sites (N-methyl/N-ethyl adjacent to an activating group) is 1. The average Bonchev–Trinajstić information content (AvgIpc) is 3.10. The molecule has 8 atom stereocenters. The number of nitrogens with zero attached hydrogens (tertiary/aromatic N) is 1. The Labute approximate surface area is 224 Å². The summed E-state index contributed by atoms with van der Waals surface area (Å²) < 4.78 is 19.8. The molecule has 38 heavy (non-hydrogen) atoms. The van der Waals surface area contributed by atoms with Gasteiger partial charge >= 0.3 is 5.97 Å². The first-order valence-corrected chi connectivity index (χ1v) is 14.2. The van der Waals surface area contributed by atoms with Gasteiger partial charge in [0.2, 0.25) is 0 Å². The Morgan fingerprint density at radius 3 is 2.76 bits per heavy atom. The number of ether oxygens (including phenoxy) is 3. The Morgan fingerprint density at radius 2 is 1.97 bits per heavy atom. The van der Waals surface area contributed by atoms with Crippen LogP contribution in [0.2, 0.25) is 0 Å². The molecule has 4 unspecified atom stereocenters. The van der Waals surface area contributed by atoms with E-state index in [0.29, 0.717) is 44.4 Å². The molecule has 2 saturated carbocycles. The third-order valence-corrected chi connectivity index (χ3v) is 11.2. The zero-order valence-electron chi connectivity index (χ0n) is 22.6. The van der Waals surface area contributed by atoms with E-state index in [1.54, 1.807) is 12.1 Å². The van der Waals surface area contributed by atoms with Gasteiger partial charge in [0.05, 0.1) is 18.3 Å². The van der Waals surface area contributed by atoms with Crippen molar-refractivity contribution in [2.45, 2.75) is 81.6 Å². The summed E-state index contributed by atoms with van der Waals surface area (Å²) in [6.45, 7) is 6.21. The predicted octanol–water partition coefficient (Wildman–Crippen LogP) is 3.61.